The number of carbonyl (C=O) groups excluding carboxylic acids is 4. The van der Waals surface area contributed by atoms with Crippen molar-refractivity contribution in [1.29, 1.82) is 0 Å². The lowest BCUT2D eigenvalue weighted by molar-refractivity contribution is -0.131. The van der Waals surface area contributed by atoms with E-state index < -0.39 is 29.8 Å². The highest BCUT2D eigenvalue weighted by Crippen LogP contribution is 2.31. The number of imide groups is 1. The molecule has 27 heavy (non-hydrogen) atoms. The van der Waals surface area contributed by atoms with Crippen molar-refractivity contribution in [2.24, 2.45) is 0 Å². The molecule has 0 radical (unpaired) electrons. The topological polar surface area (TPSA) is 118 Å². The Balaban J connectivity index is 1.55. The summed E-state index contributed by atoms with van der Waals surface area (Å²) in [4.78, 5) is 49.9. The molecular weight excluding hydrogens is 354 g/mol. The number of furan rings is 1. The van der Waals surface area contributed by atoms with E-state index in [-0.39, 0.29) is 23.8 Å². The van der Waals surface area contributed by atoms with Crippen LogP contribution in [0.4, 0.5) is 10.5 Å². The fourth-order valence-corrected chi connectivity index (χ4v) is 3.06. The quantitative estimate of drug-likeness (QED) is 0.619. The minimum absolute atomic E-state index is 0.0892. The van der Waals surface area contributed by atoms with Crippen LogP contribution in [-0.4, -0.2) is 41.7 Å². The zero-order chi connectivity index (χ0) is 19.2. The first-order chi connectivity index (χ1) is 12.9. The highest BCUT2D eigenvalue weighted by molar-refractivity contribution is 6.11. The second-order valence-electron chi connectivity index (χ2n) is 6.39. The van der Waals surface area contributed by atoms with Gasteiger partial charge in [-0.2, -0.15) is 0 Å². The van der Waals surface area contributed by atoms with Gasteiger partial charge in [0, 0.05) is 5.56 Å². The van der Waals surface area contributed by atoms with Crippen LogP contribution in [0.1, 0.15) is 23.0 Å². The maximum Gasteiger partial charge on any atom is 0.325 e. The number of amides is 4. The van der Waals surface area contributed by atoms with Crippen molar-refractivity contribution in [2.45, 2.75) is 12.5 Å². The Bertz CT molecular complexity index is 967. The summed E-state index contributed by atoms with van der Waals surface area (Å²) in [6.45, 7) is 0.991. The predicted octanol–water partition coefficient (Wildman–Crippen LogP) is 1.26. The Labute approximate surface area is 153 Å². The van der Waals surface area contributed by atoms with Gasteiger partial charge < -0.3 is 19.8 Å². The molecule has 1 unspecified atom stereocenters. The molecule has 4 rings (SSSR count). The standard InChI is InChI=1S/C18H15N3O6/c1-18(14-3-2-6-26-14)16(24)21(17(25)20-18)8-12(22)10-4-5-13-11(7-10)19-15(23)9-27-13/h2-7H,8-9H2,1H3,(H,19,23)(H,20,25). The van der Waals surface area contributed by atoms with E-state index in [0.29, 0.717) is 11.4 Å². The van der Waals surface area contributed by atoms with Crippen LogP contribution in [0.25, 0.3) is 0 Å². The maximum absolute atomic E-state index is 12.7. The number of rotatable bonds is 4. The normalized spacial score (nSPS) is 21.4. The number of hydrogen-bond donors (Lipinski definition) is 2. The van der Waals surface area contributed by atoms with Gasteiger partial charge in [0.05, 0.1) is 18.5 Å². The molecule has 9 heteroatoms. The van der Waals surface area contributed by atoms with Gasteiger partial charge in [-0.1, -0.05) is 0 Å². The Kier molecular flexibility index (Phi) is 3.72. The van der Waals surface area contributed by atoms with Crippen LogP contribution in [-0.2, 0) is 15.1 Å². The molecule has 9 nitrogen and oxygen atoms in total. The molecule has 0 saturated carbocycles. The average molecular weight is 369 g/mol. The van der Waals surface area contributed by atoms with Gasteiger partial charge >= 0.3 is 6.03 Å². The van der Waals surface area contributed by atoms with Crippen molar-refractivity contribution in [3.8, 4) is 5.75 Å². The molecule has 1 fully saturated rings. The number of ketones is 1. The van der Waals surface area contributed by atoms with Gasteiger partial charge in [0.2, 0.25) is 0 Å². The van der Waals surface area contributed by atoms with Crippen LogP contribution in [0.15, 0.2) is 41.0 Å². The molecule has 3 heterocycles. The molecule has 1 saturated heterocycles. The van der Waals surface area contributed by atoms with E-state index >= 15 is 0 Å². The fourth-order valence-electron chi connectivity index (χ4n) is 3.06. The van der Waals surface area contributed by atoms with Gasteiger partial charge in [0.15, 0.2) is 17.9 Å². The minimum atomic E-state index is -1.36. The lowest BCUT2D eigenvalue weighted by Crippen LogP contribution is -2.41. The second-order valence-corrected chi connectivity index (χ2v) is 6.39. The molecule has 2 aromatic rings. The van der Waals surface area contributed by atoms with E-state index in [9.17, 15) is 19.2 Å². The summed E-state index contributed by atoms with van der Waals surface area (Å²) in [5, 5.41) is 5.17. The third-order valence-corrected chi connectivity index (χ3v) is 4.53. The first-order valence-electron chi connectivity index (χ1n) is 8.16. The van der Waals surface area contributed by atoms with Gasteiger partial charge in [-0.3, -0.25) is 19.3 Å². The van der Waals surface area contributed by atoms with E-state index in [4.69, 9.17) is 9.15 Å². The Hall–Kier alpha value is -3.62. The van der Waals surface area contributed by atoms with Crippen molar-refractivity contribution in [1.82, 2.24) is 10.2 Å². The first-order valence-corrected chi connectivity index (χ1v) is 8.16. The van der Waals surface area contributed by atoms with Gasteiger partial charge in [-0.15, -0.1) is 0 Å². The van der Waals surface area contributed by atoms with Crippen molar-refractivity contribution in [3.05, 3.63) is 47.9 Å². The molecule has 1 aromatic heterocycles. The van der Waals surface area contributed by atoms with Crippen LogP contribution in [0.2, 0.25) is 0 Å². The number of hydrogen-bond acceptors (Lipinski definition) is 6. The fraction of sp³-hybridized carbons (Fsp3) is 0.222. The third-order valence-electron chi connectivity index (χ3n) is 4.53. The lowest BCUT2D eigenvalue weighted by Gasteiger charge is -2.19. The van der Waals surface area contributed by atoms with E-state index in [1.165, 1.54) is 25.3 Å². The minimum Gasteiger partial charge on any atom is -0.482 e. The number of urea groups is 1. The van der Waals surface area contributed by atoms with Gasteiger partial charge in [-0.25, -0.2) is 4.79 Å². The predicted molar refractivity (Wildman–Crippen MR) is 91.2 cm³/mol. The molecule has 0 aliphatic carbocycles. The molecule has 0 bridgehead atoms. The summed E-state index contributed by atoms with van der Waals surface area (Å²) in [6, 6.07) is 7.04. The summed E-state index contributed by atoms with van der Waals surface area (Å²) in [5.41, 5.74) is -0.750. The molecule has 2 aliphatic heterocycles. The van der Waals surface area contributed by atoms with Gasteiger partial charge in [0.25, 0.3) is 11.8 Å². The molecule has 138 valence electrons. The Morgan fingerprint density at radius 2 is 2.07 bits per heavy atom. The summed E-state index contributed by atoms with van der Waals surface area (Å²) in [5.74, 6) is -0.624. The number of Topliss-reactive ketones (excluding diaryl/α,β-unsaturated/α-hetero) is 1. The van der Waals surface area contributed by atoms with Gasteiger partial charge in [0.1, 0.15) is 11.5 Å². The highest BCUT2D eigenvalue weighted by Gasteiger charge is 2.51. The maximum atomic E-state index is 12.7. The number of ether oxygens (including phenoxy) is 1. The zero-order valence-corrected chi connectivity index (χ0v) is 14.3. The smallest absolute Gasteiger partial charge is 0.325 e. The van der Waals surface area contributed by atoms with E-state index in [1.54, 1.807) is 18.2 Å². The largest absolute Gasteiger partial charge is 0.482 e. The second kappa shape index (κ2) is 5.97. The molecule has 4 amide bonds. The van der Waals surface area contributed by atoms with E-state index in [0.717, 1.165) is 4.90 Å². The number of nitrogens with zero attached hydrogens (tertiary/aromatic N) is 1. The monoisotopic (exact) mass is 369 g/mol. The summed E-state index contributed by atoms with van der Waals surface area (Å²) in [6.07, 6.45) is 1.40. The van der Waals surface area contributed by atoms with Crippen molar-refractivity contribution < 1.29 is 28.3 Å². The number of benzene rings is 1. The summed E-state index contributed by atoms with van der Waals surface area (Å²) < 4.78 is 10.5. The average Bonchev–Trinajstić information content (AvgIpc) is 3.25. The number of carbonyl (C=O) groups is 4. The van der Waals surface area contributed by atoms with Crippen molar-refractivity contribution in [3.63, 3.8) is 0 Å². The van der Waals surface area contributed by atoms with Crippen LogP contribution in [0.3, 0.4) is 0 Å². The molecule has 1 aromatic carbocycles. The van der Waals surface area contributed by atoms with E-state index in [1.807, 2.05) is 0 Å². The SMILES string of the molecule is CC1(c2ccco2)NC(=O)N(CC(=O)c2ccc3c(c2)NC(=O)CO3)C1=O. The number of fused-ring (bicyclic) bond motifs is 1. The van der Waals surface area contributed by atoms with Crippen molar-refractivity contribution >= 4 is 29.3 Å². The van der Waals surface area contributed by atoms with Gasteiger partial charge in [-0.05, 0) is 37.3 Å². The van der Waals surface area contributed by atoms with Crippen molar-refractivity contribution in [2.75, 3.05) is 18.5 Å². The summed E-state index contributed by atoms with van der Waals surface area (Å²) in [7, 11) is 0. The van der Waals surface area contributed by atoms with Crippen LogP contribution in [0.5, 0.6) is 5.75 Å². The third kappa shape index (κ3) is 2.73. The zero-order valence-electron chi connectivity index (χ0n) is 14.3. The highest BCUT2D eigenvalue weighted by atomic mass is 16.5. The van der Waals surface area contributed by atoms with E-state index in [2.05, 4.69) is 10.6 Å². The molecule has 2 N–H and O–H groups in total. The van der Waals surface area contributed by atoms with Crippen LogP contribution in [0, 0.1) is 0 Å². The van der Waals surface area contributed by atoms with Crippen LogP contribution < -0.4 is 15.4 Å². The molecule has 1 atom stereocenters. The first kappa shape index (κ1) is 16.8. The molecule has 2 aliphatic rings. The number of nitrogens with one attached hydrogen (secondary N) is 2. The number of anilines is 1. The van der Waals surface area contributed by atoms with Crippen LogP contribution >= 0.6 is 0 Å². The molecular formula is C18H15N3O6. The Morgan fingerprint density at radius 1 is 1.26 bits per heavy atom. The lowest BCUT2D eigenvalue weighted by atomic mass is 9.99. The molecule has 0 spiro atoms. The Morgan fingerprint density at radius 3 is 2.81 bits per heavy atom. The summed E-state index contributed by atoms with van der Waals surface area (Å²) >= 11 is 0.